The molecule has 0 aliphatic rings. The predicted octanol–water partition coefficient (Wildman–Crippen LogP) is 9.11. The SMILES string of the molecule is Cc1cc(C(c2ccccc2)c2ccccc2)c(-[n+]2cc3ccc4cccc([O-])c4n3c2)c(C(c2ccccc2)c2ccccc2)c1. The lowest BCUT2D eigenvalue weighted by molar-refractivity contribution is -0.595. The van der Waals surface area contributed by atoms with Gasteiger partial charge in [0.05, 0.1) is 0 Å². The molecule has 0 spiro atoms. The molecule has 0 bridgehead atoms. The summed E-state index contributed by atoms with van der Waals surface area (Å²) in [6.45, 7) is 2.20. The first kappa shape index (κ1) is 28.5. The monoisotopic (exact) mass is 606 g/mol. The Hall–Kier alpha value is -5.93. The molecule has 47 heavy (non-hydrogen) atoms. The van der Waals surface area contributed by atoms with Crippen LogP contribution in [0.25, 0.3) is 22.1 Å². The van der Waals surface area contributed by atoms with E-state index in [1.165, 1.54) is 38.9 Å². The standard InChI is InChI=1S/C44H34N2O/c1-31-27-38(41(32-15-6-2-7-16-32)33-17-8-3-9-18-33)44(45-29-37-26-25-36-23-14-24-40(47)43(36)46(37)30-45)39(28-31)42(34-19-10-4-11-20-34)35-21-12-5-13-22-35/h2-30,41-42H,1H3. The topological polar surface area (TPSA) is 31.3 Å². The molecule has 0 aliphatic heterocycles. The Balaban J connectivity index is 1.50. The first-order valence-corrected chi connectivity index (χ1v) is 16.1. The highest BCUT2D eigenvalue weighted by Gasteiger charge is 2.31. The van der Waals surface area contributed by atoms with Crippen LogP contribution in [-0.4, -0.2) is 4.40 Å². The number of aromatic nitrogens is 2. The van der Waals surface area contributed by atoms with E-state index in [9.17, 15) is 5.11 Å². The van der Waals surface area contributed by atoms with Crippen molar-refractivity contribution in [3.8, 4) is 11.4 Å². The van der Waals surface area contributed by atoms with Gasteiger partial charge in [0, 0.05) is 28.3 Å². The number of rotatable bonds is 7. The lowest BCUT2D eigenvalue weighted by atomic mass is 9.78. The maximum absolute atomic E-state index is 13.2. The smallest absolute Gasteiger partial charge is 0.254 e. The normalized spacial score (nSPS) is 11.6. The molecule has 0 unspecified atom stereocenters. The van der Waals surface area contributed by atoms with Gasteiger partial charge in [-0.2, -0.15) is 4.40 Å². The van der Waals surface area contributed by atoms with Gasteiger partial charge in [0.2, 0.25) is 0 Å². The van der Waals surface area contributed by atoms with Crippen LogP contribution in [0.3, 0.4) is 0 Å². The number of fused-ring (bicyclic) bond motifs is 3. The van der Waals surface area contributed by atoms with Crippen molar-refractivity contribution in [1.29, 1.82) is 0 Å². The van der Waals surface area contributed by atoms with Gasteiger partial charge in [0.15, 0.2) is 5.52 Å². The molecule has 0 aliphatic carbocycles. The fourth-order valence-electron chi connectivity index (χ4n) is 7.23. The van der Waals surface area contributed by atoms with Crippen LogP contribution >= 0.6 is 0 Å². The van der Waals surface area contributed by atoms with Crippen LogP contribution in [0.4, 0.5) is 0 Å². The highest BCUT2D eigenvalue weighted by Crippen LogP contribution is 2.41. The Morgan fingerprint density at radius 2 is 1.00 bits per heavy atom. The molecule has 0 saturated heterocycles. The van der Waals surface area contributed by atoms with Gasteiger partial charge in [-0.15, -0.1) is 0 Å². The second-order valence-electron chi connectivity index (χ2n) is 12.3. The number of hydrogen-bond acceptors (Lipinski definition) is 1. The summed E-state index contributed by atoms with van der Waals surface area (Å²) in [5.74, 6) is -0.0424. The molecule has 8 aromatic rings. The van der Waals surface area contributed by atoms with Crippen molar-refractivity contribution < 1.29 is 9.67 Å². The van der Waals surface area contributed by atoms with Gasteiger partial charge < -0.3 is 5.11 Å². The van der Waals surface area contributed by atoms with Gasteiger partial charge in [0.25, 0.3) is 6.33 Å². The highest BCUT2D eigenvalue weighted by atomic mass is 16.3. The van der Waals surface area contributed by atoms with Crippen LogP contribution in [0.2, 0.25) is 0 Å². The number of nitrogens with zero attached hydrogens (tertiary/aromatic N) is 2. The van der Waals surface area contributed by atoms with Crippen molar-refractivity contribution in [2.45, 2.75) is 18.8 Å². The zero-order chi connectivity index (χ0) is 31.7. The summed E-state index contributed by atoms with van der Waals surface area (Å²) < 4.78 is 4.30. The summed E-state index contributed by atoms with van der Waals surface area (Å²) in [5, 5.41) is 14.2. The van der Waals surface area contributed by atoms with E-state index in [0.29, 0.717) is 5.52 Å². The Morgan fingerprint density at radius 3 is 1.47 bits per heavy atom. The molecule has 3 nitrogen and oxygen atoms in total. The summed E-state index contributed by atoms with van der Waals surface area (Å²) in [6, 6.07) is 57.5. The molecule has 0 fully saturated rings. The van der Waals surface area contributed by atoms with E-state index in [1.54, 1.807) is 6.07 Å². The Kier molecular flexibility index (Phi) is 7.35. The van der Waals surface area contributed by atoms with Gasteiger partial charge >= 0.3 is 0 Å². The molecular formula is C44H34N2O. The maximum Gasteiger partial charge on any atom is 0.254 e. The predicted molar refractivity (Wildman–Crippen MR) is 188 cm³/mol. The van der Waals surface area contributed by atoms with Crippen molar-refractivity contribution in [3.05, 3.63) is 215 Å². The number of aryl methyl sites for hydroxylation is 1. The number of para-hydroxylation sites is 1. The fraction of sp³-hybridized carbons (Fsp3) is 0.0682. The van der Waals surface area contributed by atoms with E-state index in [1.807, 2.05) is 22.6 Å². The zero-order valence-electron chi connectivity index (χ0n) is 26.2. The van der Waals surface area contributed by atoms with E-state index >= 15 is 0 Å². The highest BCUT2D eigenvalue weighted by molar-refractivity contribution is 5.87. The van der Waals surface area contributed by atoms with Crippen LogP contribution in [0, 0.1) is 6.92 Å². The molecular weight excluding hydrogens is 572 g/mol. The first-order valence-electron chi connectivity index (χ1n) is 16.1. The van der Waals surface area contributed by atoms with Crippen LogP contribution < -0.4 is 9.67 Å². The molecule has 2 aromatic heterocycles. The second kappa shape index (κ2) is 12.1. The summed E-state index contributed by atoms with van der Waals surface area (Å²) in [7, 11) is 0. The van der Waals surface area contributed by atoms with Gasteiger partial charge in [-0.3, -0.25) is 0 Å². The van der Waals surface area contributed by atoms with Gasteiger partial charge in [-0.25, -0.2) is 4.57 Å². The quantitative estimate of drug-likeness (QED) is 0.132. The lowest BCUT2D eigenvalue weighted by Crippen LogP contribution is -2.33. The summed E-state index contributed by atoms with van der Waals surface area (Å²) in [5.41, 5.74) is 11.3. The van der Waals surface area contributed by atoms with Crippen LogP contribution in [-0.2, 0) is 0 Å². The fourth-order valence-corrected chi connectivity index (χ4v) is 7.23. The van der Waals surface area contributed by atoms with Crippen molar-refractivity contribution in [1.82, 2.24) is 4.40 Å². The molecule has 8 rings (SSSR count). The molecule has 226 valence electrons. The molecule has 0 saturated carbocycles. The molecule has 0 N–H and O–H groups in total. The first-order chi connectivity index (χ1) is 23.2. The van der Waals surface area contributed by atoms with Crippen LogP contribution in [0.1, 0.15) is 50.8 Å². The van der Waals surface area contributed by atoms with E-state index in [4.69, 9.17) is 0 Å². The minimum absolute atomic E-state index is 0.0121. The largest absolute Gasteiger partial charge is 0.870 e. The molecule has 6 aromatic carbocycles. The minimum atomic E-state index is -0.0272. The number of benzene rings is 6. The molecule has 0 radical (unpaired) electrons. The molecule has 2 heterocycles. The Bertz CT molecular complexity index is 2130. The Labute approximate surface area is 275 Å². The average Bonchev–Trinajstić information content (AvgIpc) is 3.54. The van der Waals surface area contributed by atoms with Gasteiger partial charge in [-0.05, 0) is 41.3 Å². The van der Waals surface area contributed by atoms with Crippen LogP contribution in [0.5, 0.6) is 5.75 Å². The number of hydrogen-bond donors (Lipinski definition) is 0. The summed E-state index contributed by atoms with van der Waals surface area (Å²) in [4.78, 5) is 0. The van der Waals surface area contributed by atoms with Crippen molar-refractivity contribution in [2.24, 2.45) is 0 Å². The number of pyridine rings is 1. The second-order valence-corrected chi connectivity index (χ2v) is 12.3. The number of imidazole rings is 1. The molecule has 0 amide bonds. The van der Waals surface area contributed by atoms with Gasteiger partial charge in [-0.1, -0.05) is 163 Å². The Morgan fingerprint density at radius 1 is 0.532 bits per heavy atom. The van der Waals surface area contributed by atoms with E-state index in [0.717, 1.165) is 16.6 Å². The zero-order valence-corrected chi connectivity index (χ0v) is 26.2. The van der Waals surface area contributed by atoms with Crippen molar-refractivity contribution >= 4 is 16.4 Å². The minimum Gasteiger partial charge on any atom is -0.870 e. The van der Waals surface area contributed by atoms with E-state index in [-0.39, 0.29) is 17.6 Å². The molecule has 3 heteroatoms. The van der Waals surface area contributed by atoms with E-state index in [2.05, 4.69) is 164 Å². The summed E-state index contributed by atoms with van der Waals surface area (Å²) in [6.07, 6.45) is 4.26. The maximum atomic E-state index is 13.2. The van der Waals surface area contributed by atoms with Crippen molar-refractivity contribution in [2.75, 3.05) is 0 Å². The summed E-state index contributed by atoms with van der Waals surface area (Å²) >= 11 is 0. The third kappa shape index (κ3) is 5.26. The van der Waals surface area contributed by atoms with E-state index < -0.39 is 0 Å². The third-order valence-corrected chi connectivity index (χ3v) is 9.22. The van der Waals surface area contributed by atoms with Gasteiger partial charge in [0.1, 0.15) is 17.4 Å². The molecule has 0 atom stereocenters. The average molecular weight is 607 g/mol. The lowest BCUT2D eigenvalue weighted by Gasteiger charge is -2.26. The third-order valence-electron chi connectivity index (χ3n) is 9.22. The van der Waals surface area contributed by atoms with Crippen molar-refractivity contribution in [3.63, 3.8) is 0 Å². The van der Waals surface area contributed by atoms with Crippen LogP contribution in [0.15, 0.2) is 176 Å².